The number of nitrogens with two attached hydrogens (primary N) is 1. The van der Waals surface area contributed by atoms with Crippen LogP contribution in [-0.4, -0.2) is 10.2 Å². The number of rotatable bonds is 1. The fourth-order valence-electron chi connectivity index (χ4n) is 1.87. The van der Waals surface area contributed by atoms with E-state index in [1.54, 1.807) is 6.20 Å². The van der Waals surface area contributed by atoms with Crippen molar-refractivity contribution in [2.24, 2.45) is 0 Å². The van der Waals surface area contributed by atoms with Gasteiger partial charge in [0.2, 0.25) is 0 Å². The van der Waals surface area contributed by atoms with Crippen LogP contribution in [0.15, 0.2) is 24.4 Å². The molecule has 3 N–H and O–H groups in total. The minimum Gasteiger partial charge on any atom is -0.384 e. The van der Waals surface area contributed by atoms with Gasteiger partial charge in [-0.2, -0.15) is 5.10 Å². The molecule has 0 atom stereocenters. The zero-order chi connectivity index (χ0) is 10.3. The van der Waals surface area contributed by atoms with Crippen molar-refractivity contribution in [2.75, 3.05) is 5.73 Å². The molecule has 0 radical (unpaired) electrons. The van der Waals surface area contributed by atoms with E-state index in [0.717, 1.165) is 17.7 Å². The molecular weight excluding hydrogens is 190 g/mol. The predicted molar refractivity (Wildman–Crippen MR) is 56.9 cm³/mol. The van der Waals surface area contributed by atoms with Crippen LogP contribution in [-0.2, 0) is 18.0 Å². The smallest absolute Gasteiger partial charge is 0.126 e. The summed E-state index contributed by atoms with van der Waals surface area (Å²) in [5, 5.41) is 6.64. The number of hydrogen-bond donors (Lipinski definition) is 2. The molecule has 0 spiro atoms. The Morgan fingerprint density at radius 3 is 2.93 bits per heavy atom. The van der Waals surface area contributed by atoms with Gasteiger partial charge in [-0.25, -0.2) is 0 Å². The first-order chi connectivity index (χ1) is 7.34. The molecule has 0 amide bonds. The molecule has 4 nitrogen and oxygen atoms in total. The Bertz CT molecular complexity index is 504. The average molecular weight is 201 g/mol. The summed E-state index contributed by atoms with van der Waals surface area (Å²) >= 11 is 0. The summed E-state index contributed by atoms with van der Waals surface area (Å²) in [6.07, 6.45) is 1.74. The van der Waals surface area contributed by atoms with E-state index in [2.05, 4.69) is 28.4 Å². The lowest BCUT2D eigenvalue weighted by molar-refractivity contribution is 0.134. The molecule has 76 valence electrons. The summed E-state index contributed by atoms with van der Waals surface area (Å²) in [4.78, 5) is 0. The Hall–Kier alpha value is -1.81. The van der Waals surface area contributed by atoms with Gasteiger partial charge in [-0.05, 0) is 22.8 Å². The van der Waals surface area contributed by atoms with Crippen LogP contribution in [0.5, 0.6) is 0 Å². The van der Waals surface area contributed by atoms with Crippen LogP contribution in [0, 0.1) is 0 Å². The maximum atomic E-state index is 5.77. The molecule has 2 heterocycles. The second-order valence-electron chi connectivity index (χ2n) is 3.67. The molecule has 0 aliphatic carbocycles. The minimum atomic E-state index is 0.605. The van der Waals surface area contributed by atoms with E-state index in [-0.39, 0.29) is 0 Å². The molecular formula is C11H11N3O. The number of nitrogens with zero attached hydrogens (tertiary/aromatic N) is 1. The Kier molecular flexibility index (Phi) is 1.76. The predicted octanol–water partition coefficient (Wildman–Crippen LogP) is 1.69. The third kappa shape index (κ3) is 1.30. The Balaban J connectivity index is 2.11. The van der Waals surface area contributed by atoms with Crippen LogP contribution < -0.4 is 5.73 Å². The maximum Gasteiger partial charge on any atom is 0.126 e. The molecule has 4 heteroatoms. The highest BCUT2D eigenvalue weighted by molar-refractivity contribution is 5.73. The second-order valence-corrected chi connectivity index (χ2v) is 3.67. The van der Waals surface area contributed by atoms with Gasteiger partial charge in [-0.3, -0.25) is 5.10 Å². The highest BCUT2D eigenvalue weighted by Crippen LogP contribution is 2.28. The molecule has 0 saturated heterocycles. The van der Waals surface area contributed by atoms with Gasteiger partial charge in [0.1, 0.15) is 5.82 Å². The monoisotopic (exact) mass is 201 g/mol. The SMILES string of the molecule is Nc1[nH]ncc1-c1ccc2c(c1)COC2. The molecule has 2 aromatic rings. The first-order valence-corrected chi connectivity index (χ1v) is 4.83. The minimum absolute atomic E-state index is 0.605. The molecule has 15 heavy (non-hydrogen) atoms. The van der Waals surface area contributed by atoms with Gasteiger partial charge in [0.05, 0.1) is 19.4 Å². The van der Waals surface area contributed by atoms with E-state index >= 15 is 0 Å². The summed E-state index contributed by atoms with van der Waals surface area (Å²) < 4.78 is 5.36. The second kappa shape index (κ2) is 3.10. The number of ether oxygens (including phenoxy) is 1. The van der Waals surface area contributed by atoms with E-state index in [9.17, 15) is 0 Å². The van der Waals surface area contributed by atoms with E-state index in [0.29, 0.717) is 12.4 Å². The van der Waals surface area contributed by atoms with Crippen molar-refractivity contribution in [3.8, 4) is 11.1 Å². The van der Waals surface area contributed by atoms with Crippen molar-refractivity contribution in [1.82, 2.24) is 10.2 Å². The lowest BCUT2D eigenvalue weighted by Crippen LogP contribution is -1.89. The van der Waals surface area contributed by atoms with Crippen molar-refractivity contribution < 1.29 is 4.74 Å². The standard InChI is InChI=1S/C11H11N3O/c12-11-10(4-13-14-11)7-1-2-8-5-15-6-9(8)3-7/h1-4H,5-6H2,(H3,12,13,14). The fourth-order valence-corrected chi connectivity index (χ4v) is 1.87. The van der Waals surface area contributed by atoms with Crippen LogP contribution in [0.4, 0.5) is 5.82 Å². The largest absolute Gasteiger partial charge is 0.384 e. The zero-order valence-electron chi connectivity index (χ0n) is 8.16. The van der Waals surface area contributed by atoms with Crippen molar-refractivity contribution in [2.45, 2.75) is 13.2 Å². The summed E-state index contributed by atoms with van der Waals surface area (Å²) in [6, 6.07) is 6.25. The molecule has 1 aromatic heterocycles. The number of anilines is 1. The van der Waals surface area contributed by atoms with E-state index in [1.165, 1.54) is 11.1 Å². The first-order valence-electron chi connectivity index (χ1n) is 4.83. The topological polar surface area (TPSA) is 63.9 Å². The van der Waals surface area contributed by atoms with E-state index in [4.69, 9.17) is 10.5 Å². The Morgan fingerprint density at radius 1 is 1.27 bits per heavy atom. The van der Waals surface area contributed by atoms with Gasteiger partial charge in [0.25, 0.3) is 0 Å². The molecule has 0 fully saturated rings. The Morgan fingerprint density at radius 2 is 2.13 bits per heavy atom. The van der Waals surface area contributed by atoms with E-state index in [1.807, 2.05) is 0 Å². The van der Waals surface area contributed by atoms with Crippen LogP contribution in [0.1, 0.15) is 11.1 Å². The molecule has 3 rings (SSSR count). The summed E-state index contributed by atoms with van der Waals surface area (Å²) in [5.74, 6) is 0.605. The molecule has 0 bridgehead atoms. The van der Waals surface area contributed by atoms with Crippen molar-refractivity contribution >= 4 is 5.82 Å². The van der Waals surface area contributed by atoms with Crippen LogP contribution in [0.2, 0.25) is 0 Å². The molecule has 1 aliphatic heterocycles. The molecule has 0 saturated carbocycles. The van der Waals surface area contributed by atoms with Crippen LogP contribution >= 0.6 is 0 Å². The number of nitrogen functional groups attached to an aromatic ring is 1. The number of benzene rings is 1. The summed E-state index contributed by atoms with van der Waals surface area (Å²) in [5.41, 5.74) is 10.3. The summed E-state index contributed by atoms with van der Waals surface area (Å²) in [6.45, 7) is 1.41. The number of hydrogen-bond acceptors (Lipinski definition) is 3. The number of H-pyrrole nitrogens is 1. The van der Waals surface area contributed by atoms with Crippen LogP contribution in [0.3, 0.4) is 0 Å². The highest BCUT2D eigenvalue weighted by atomic mass is 16.5. The lowest BCUT2D eigenvalue weighted by atomic mass is 10.0. The van der Waals surface area contributed by atoms with Crippen molar-refractivity contribution in [3.63, 3.8) is 0 Å². The molecule has 0 unspecified atom stereocenters. The number of aromatic amines is 1. The number of fused-ring (bicyclic) bond motifs is 1. The quantitative estimate of drug-likeness (QED) is 0.737. The first kappa shape index (κ1) is 8.49. The highest BCUT2D eigenvalue weighted by Gasteiger charge is 2.13. The summed E-state index contributed by atoms with van der Waals surface area (Å²) in [7, 11) is 0. The van der Waals surface area contributed by atoms with Gasteiger partial charge >= 0.3 is 0 Å². The van der Waals surface area contributed by atoms with Gasteiger partial charge in [-0.15, -0.1) is 0 Å². The van der Waals surface area contributed by atoms with Crippen molar-refractivity contribution in [3.05, 3.63) is 35.5 Å². The third-order valence-electron chi connectivity index (χ3n) is 2.70. The fraction of sp³-hybridized carbons (Fsp3) is 0.182. The lowest BCUT2D eigenvalue weighted by Gasteiger charge is -2.02. The molecule has 1 aliphatic rings. The number of aromatic nitrogens is 2. The van der Waals surface area contributed by atoms with E-state index < -0.39 is 0 Å². The Labute approximate surface area is 87.1 Å². The average Bonchev–Trinajstić information content (AvgIpc) is 2.84. The van der Waals surface area contributed by atoms with Gasteiger partial charge in [0.15, 0.2) is 0 Å². The molecule has 1 aromatic carbocycles. The van der Waals surface area contributed by atoms with Gasteiger partial charge in [0, 0.05) is 5.56 Å². The van der Waals surface area contributed by atoms with Gasteiger partial charge in [-0.1, -0.05) is 12.1 Å². The van der Waals surface area contributed by atoms with Gasteiger partial charge < -0.3 is 10.5 Å². The van der Waals surface area contributed by atoms with Crippen LogP contribution in [0.25, 0.3) is 11.1 Å². The maximum absolute atomic E-state index is 5.77. The zero-order valence-corrected chi connectivity index (χ0v) is 8.16. The third-order valence-corrected chi connectivity index (χ3v) is 2.70. The van der Waals surface area contributed by atoms with Crippen molar-refractivity contribution in [1.29, 1.82) is 0 Å². The number of nitrogens with one attached hydrogen (secondary N) is 1. The normalized spacial score (nSPS) is 14.1.